The molecule has 0 unspecified atom stereocenters. The van der Waals surface area contributed by atoms with Gasteiger partial charge in [0.05, 0.1) is 29.3 Å². The summed E-state index contributed by atoms with van der Waals surface area (Å²) in [6.07, 6.45) is 9.68. The van der Waals surface area contributed by atoms with Crippen LogP contribution in [0.15, 0.2) is 85.7 Å². The Morgan fingerprint density at radius 2 is 1.72 bits per heavy atom. The van der Waals surface area contributed by atoms with Crippen molar-refractivity contribution in [3.8, 4) is 33.6 Å². The smallest absolute Gasteiger partial charge is 0.155 e. The monoisotopic (exact) mass is 517 g/mol. The number of hydrogen-bond acceptors (Lipinski definition) is 5. The van der Waals surface area contributed by atoms with E-state index in [0.29, 0.717) is 11.2 Å². The summed E-state index contributed by atoms with van der Waals surface area (Å²) in [5.41, 5.74) is 7.97. The summed E-state index contributed by atoms with van der Waals surface area (Å²) in [7, 11) is 0. The van der Waals surface area contributed by atoms with Gasteiger partial charge in [-0.1, -0.05) is 45.5 Å². The van der Waals surface area contributed by atoms with Crippen LogP contribution in [0.2, 0.25) is 0 Å². The third-order valence-corrected chi connectivity index (χ3v) is 6.52. The van der Waals surface area contributed by atoms with E-state index in [2.05, 4.69) is 62.8 Å². The van der Waals surface area contributed by atoms with E-state index in [-0.39, 0.29) is 11.2 Å². The van der Waals surface area contributed by atoms with Crippen LogP contribution >= 0.6 is 0 Å². The molecule has 3 N–H and O–H groups in total. The number of aromatic nitrogens is 6. The Balaban J connectivity index is 1.37. The van der Waals surface area contributed by atoms with E-state index < -0.39 is 0 Å². The molecule has 0 amide bonds. The minimum atomic E-state index is -0.291. The molecule has 6 aromatic rings. The fourth-order valence-electron chi connectivity index (χ4n) is 4.89. The van der Waals surface area contributed by atoms with Gasteiger partial charge in [0.15, 0.2) is 5.65 Å². The largest absolute Gasteiger partial charge is 0.358 e. The fourth-order valence-corrected chi connectivity index (χ4v) is 4.89. The highest BCUT2D eigenvalue weighted by Gasteiger charge is 2.17. The topological polar surface area (TPSA) is 95.2 Å². The number of rotatable bonds is 6. The molecule has 5 heterocycles. The zero-order valence-corrected chi connectivity index (χ0v) is 22.0. The van der Waals surface area contributed by atoms with Crippen molar-refractivity contribution in [1.29, 1.82) is 0 Å². The third kappa shape index (κ3) is 4.88. The first-order valence-corrected chi connectivity index (χ1v) is 12.7. The molecule has 0 saturated carbocycles. The van der Waals surface area contributed by atoms with Gasteiger partial charge in [0.2, 0.25) is 0 Å². The zero-order chi connectivity index (χ0) is 27.1. The highest BCUT2D eigenvalue weighted by atomic mass is 19.1. The first-order chi connectivity index (χ1) is 18.7. The van der Waals surface area contributed by atoms with Crippen LogP contribution in [0, 0.1) is 11.2 Å². The molecule has 0 aliphatic heterocycles. The molecule has 194 valence electrons. The van der Waals surface area contributed by atoms with Crippen molar-refractivity contribution in [3.05, 3.63) is 91.5 Å². The standard InChI is InChI=1S/C31H28FN7/c1-18(12-31(2,3)4)36-21-9-19(13-33-15-21)20-10-24-29(38-39-30(24)35-14-20)27-11-23-25(16-34-17-28(23)37-27)22-7-5-6-8-26(22)32/h5-11,13-17,36-37H,1,12H2,2-4H3,(H,35,38,39). The second kappa shape index (κ2) is 9.47. The molecule has 39 heavy (non-hydrogen) atoms. The van der Waals surface area contributed by atoms with Gasteiger partial charge in [-0.25, -0.2) is 9.37 Å². The van der Waals surface area contributed by atoms with Gasteiger partial charge < -0.3 is 10.3 Å². The molecule has 5 aromatic heterocycles. The molecule has 7 nitrogen and oxygen atoms in total. The number of halogens is 1. The van der Waals surface area contributed by atoms with E-state index in [0.717, 1.165) is 62.2 Å². The average Bonchev–Trinajstić information content (AvgIpc) is 3.51. The van der Waals surface area contributed by atoms with Crippen molar-refractivity contribution in [3.63, 3.8) is 0 Å². The van der Waals surface area contributed by atoms with Crippen LogP contribution in [-0.4, -0.2) is 30.1 Å². The van der Waals surface area contributed by atoms with Crippen LogP contribution in [0.5, 0.6) is 0 Å². The summed E-state index contributed by atoms with van der Waals surface area (Å²) >= 11 is 0. The van der Waals surface area contributed by atoms with E-state index in [1.165, 1.54) is 6.07 Å². The zero-order valence-electron chi connectivity index (χ0n) is 22.0. The summed E-state index contributed by atoms with van der Waals surface area (Å²) < 4.78 is 14.6. The third-order valence-electron chi connectivity index (χ3n) is 6.52. The first kappa shape index (κ1) is 24.5. The second-order valence-electron chi connectivity index (χ2n) is 10.9. The second-order valence-corrected chi connectivity index (χ2v) is 10.9. The molecule has 8 heteroatoms. The van der Waals surface area contributed by atoms with Gasteiger partial charge in [-0.2, -0.15) is 5.10 Å². The van der Waals surface area contributed by atoms with Crippen LogP contribution in [-0.2, 0) is 0 Å². The number of nitrogens with one attached hydrogen (secondary N) is 3. The first-order valence-electron chi connectivity index (χ1n) is 12.7. The van der Waals surface area contributed by atoms with Crippen molar-refractivity contribution < 1.29 is 4.39 Å². The van der Waals surface area contributed by atoms with Gasteiger partial charge in [-0.05, 0) is 36.1 Å². The molecular weight excluding hydrogens is 489 g/mol. The number of pyridine rings is 3. The lowest BCUT2D eigenvalue weighted by Crippen LogP contribution is -2.10. The van der Waals surface area contributed by atoms with Gasteiger partial charge in [-0.3, -0.25) is 15.1 Å². The highest BCUT2D eigenvalue weighted by molar-refractivity contribution is 6.00. The number of fused-ring (bicyclic) bond motifs is 2. The Bertz CT molecular complexity index is 1840. The fraction of sp³-hybridized carbons (Fsp3) is 0.161. The SMILES string of the molecule is C=C(CC(C)(C)C)Nc1cncc(-c2cnc3[nH]nc(-c4cc5c(-c6ccccc6F)cncc5[nH]4)c3c2)c1. The number of H-pyrrole nitrogens is 2. The van der Waals surface area contributed by atoms with Gasteiger partial charge >= 0.3 is 0 Å². The van der Waals surface area contributed by atoms with Crippen LogP contribution < -0.4 is 5.32 Å². The van der Waals surface area contributed by atoms with E-state index >= 15 is 0 Å². The number of aromatic amines is 2. The van der Waals surface area contributed by atoms with Crippen LogP contribution in [0.25, 0.3) is 55.6 Å². The lowest BCUT2D eigenvalue weighted by atomic mass is 9.91. The van der Waals surface area contributed by atoms with Crippen LogP contribution in [0.4, 0.5) is 10.1 Å². The molecule has 0 atom stereocenters. The lowest BCUT2D eigenvalue weighted by Gasteiger charge is -2.20. The van der Waals surface area contributed by atoms with Crippen molar-refractivity contribution in [2.75, 3.05) is 5.32 Å². The molecule has 0 spiro atoms. The quantitative estimate of drug-likeness (QED) is 0.210. The Labute approximate surface area is 225 Å². The number of nitrogens with zero attached hydrogens (tertiary/aromatic N) is 4. The van der Waals surface area contributed by atoms with Crippen LogP contribution in [0.3, 0.4) is 0 Å². The molecular formula is C31H28FN7. The minimum absolute atomic E-state index is 0.135. The Morgan fingerprint density at radius 3 is 2.54 bits per heavy atom. The van der Waals surface area contributed by atoms with Crippen molar-refractivity contribution >= 4 is 27.6 Å². The summed E-state index contributed by atoms with van der Waals surface area (Å²) in [6, 6.07) is 12.8. The molecule has 0 saturated heterocycles. The highest BCUT2D eigenvalue weighted by Crippen LogP contribution is 2.35. The molecule has 1 aromatic carbocycles. The normalized spacial score (nSPS) is 11.8. The number of allylic oxidation sites excluding steroid dienone is 1. The number of anilines is 1. The van der Waals surface area contributed by atoms with Gasteiger partial charge in [-0.15, -0.1) is 0 Å². The average molecular weight is 518 g/mol. The number of benzene rings is 1. The van der Waals surface area contributed by atoms with E-state index in [1.807, 2.05) is 30.5 Å². The molecule has 0 radical (unpaired) electrons. The summed E-state index contributed by atoms with van der Waals surface area (Å²) in [6.45, 7) is 10.7. The van der Waals surface area contributed by atoms with Crippen molar-refractivity contribution in [2.24, 2.45) is 5.41 Å². The maximum Gasteiger partial charge on any atom is 0.155 e. The predicted molar refractivity (Wildman–Crippen MR) is 154 cm³/mol. The number of hydrogen-bond donors (Lipinski definition) is 3. The van der Waals surface area contributed by atoms with E-state index in [9.17, 15) is 4.39 Å². The van der Waals surface area contributed by atoms with Crippen molar-refractivity contribution in [1.82, 2.24) is 30.1 Å². The predicted octanol–water partition coefficient (Wildman–Crippen LogP) is 7.73. The van der Waals surface area contributed by atoms with Crippen LogP contribution in [0.1, 0.15) is 27.2 Å². The Morgan fingerprint density at radius 1 is 0.923 bits per heavy atom. The summed E-state index contributed by atoms with van der Waals surface area (Å²) in [4.78, 5) is 16.8. The minimum Gasteiger partial charge on any atom is -0.358 e. The molecule has 0 fully saturated rings. The summed E-state index contributed by atoms with van der Waals surface area (Å²) in [5.74, 6) is -0.291. The molecule has 0 aliphatic rings. The lowest BCUT2D eigenvalue weighted by molar-refractivity contribution is 0.411. The van der Waals surface area contributed by atoms with Gasteiger partial charge in [0.25, 0.3) is 0 Å². The van der Waals surface area contributed by atoms with E-state index in [1.54, 1.807) is 36.9 Å². The molecule has 0 bridgehead atoms. The maximum atomic E-state index is 14.6. The Hall–Kier alpha value is -4.85. The Kier molecular flexibility index (Phi) is 5.95. The van der Waals surface area contributed by atoms with Gasteiger partial charge in [0, 0.05) is 57.3 Å². The molecule has 6 rings (SSSR count). The van der Waals surface area contributed by atoms with Crippen molar-refractivity contribution in [2.45, 2.75) is 27.2 Å². The maximum absolute atomic E-state index is 14.6. The summed E-state index contributed by atoms with van der Waals surface area (Å²) in [5, 5.41) is 12.7. The van der Waals surface area contributed by atoms with E-state index in [4.69, 9.17) is 0 Å². The molecule has 0 aliphatic carbocycles. The van der Waals surface area contributed by atoms with Gasteiger partial charge in [0.1, 0.15) is 11.5 Å².